The standard InChI is InChI=1S/C30H34N2O3/c1-34-28-8-6-27(7-9-28)30(14-15-30)29(33)32-18-12-24(13-19-32)20-23-2-4-25(5-3-23)21-35-22-26-10-16-31-17-11-26/h2-11,16-17,24H,12-15,18-22H2,1H3. The number of benzene rings is 2. The molecule has 35 heavy (non-hydrogen) atoms. The van der Waals surface area contributed by atoms with Crippen molar-refractivity contribution in [3.8, 4) is 5.75 Å². The molecule has 2 aromatic carbocycles. The van der Waals surface area contributed by atoms with Crippen LogP contribution in [0.5, 0.6) is 5.75 Å². The molecule has 1 aromatic heterocycles. The molecule has 5 heteroatoms. The summed E-state index contributed by atoms with van der Waals surface area (Å²) in [5.41, 5.74) is 4.53. The van der Waals surface area contributed by atoms with E-state index in [1.54, 1.807) is 19.5 Å². The van der Waals surface area contributed by atoms with Gasteiger partial charge in [0.15, 0.2) is 0 Å². The quantitative estimate of drug-likeness (QED) is 0.425. The van der Waals surface area contributed by atoms with Crippen LogP contribution < -0.4 is 4.74 Å². The van der Waals surface area contributed by atoms with E-state index in [4.69, 9.17) is 9.47 Å². The molecule has 3 aromatic rings. The Balaban J connectivity index is 1.08. The van der Waals surface area contributed by atoms with Crippen molar-refractivity contribution >= 4 is 5.91 Å². The first-order valence-corrected chi connectivity index (χ1v) is 12.6. The molecular formula is C30H34N2O3. The third kappa shape index (κ3) is 5.57. The predicted octanol–water partition coefficient (Wildman–Crippen LogP) is 5.32. The van der Waals surface area contributed by atoms with Crippen LogP contribution in [0.4, 0.5) is 0 Å². The van der Waals surface area contributed by atoms with E-state index in [0.717, 1.165) is 62.1 Å². The van der Waals surface area contributed by atoms with Crippen LogP contribution in [0.3, 0.4) is 0 Å². The van der Waals surface area contributed by atoms with Gasteiger partial charge >= 0.3 is 0 Å². The van der Waals surface area contributed by atoms with Crippen molar-refractivity contribution in [2.24, 2.45) is 5.92 Å². The summed E-state index contributed by atoms with van der Waals surface area (Å²) >= 11 is 0. The van der Waals surface area contributed by atoms with Crippen LogP contribution in [-0.4, -0.2) is 36.0 Å². The summed E-state index contributed by atoms with van der Waals surface area (Å²) in [4.78, 5) is 19.5. The van der Waals surface area contributed by atoms with Crippen molar-refractivity contribution < 1.29 is 14.3 Å². The molecule has 182 valence electrons. The molecule has 0 atom stereocenters. The first-order valence-electron chi connectivity index (χ1n) is 12.6. The Hall–Kier alpha value is -3.18. The Morgan fingerprint density at radius 2 is 1.49 bits per heavy atom. The van der Waals surface area contributed by atoms with E-state index in [1.807, 2.05) is 24.3 Å². The van der Waals surface area contributed by atoms with Gasteiger partial charge in [0, 0.05) is 25.5 Å². The molecule has 0 unspecified atom stereocenters. The number of hydrogen-bond donors (Lipinski definition) is 0. The SMILES string of the molecule is COc1ccc(C2(C(=O)N3CCC(Cc4ccc(COCc5ccncc5)cc4)CC3)CC2)cc1. The lowest BCUT2D eigenvalue weighted by atomic mass is 9.88. The average Bonchev–Trinajstić information content (AvgIpc) is 3.73. The summed E-state index contributed by atoms with van der Waals surface area (Å²) in [6.45, 7) is 2.94. The summed E-state index contributed by atoms with van der Waals surface area (Å²) in [7, 11) is 1.67. The van der Waals surface area contributed by atoms with E-state index in [9.17, 15) is 4.79 Å². The van der Waals surface area contributed by atoms with E-state index in [1.165, 1.54) is 11.1 Å². The molecule has 0 spiro atoms. The lowest BCUT2D eigenvalue weighted by Crippen LogP contribution is -2.44. The number of ether oxygens (including phenoxy) is 2. The lowest BCUT2D eigenvalue weighted by Gasteiger charge is -2.34. The van der Waals surface area contributed by atoms with Crippen LogP contribution >= 0.6 is 0 Å². The van der Waals surface area contributed by atoms with Crippen LogP contribution in [0, 0.1) is 5.92 Å². The molecule has 0 N–H and O–H groups in total. The fourth-order valence-electron chi connectivity index (χ4n) is 5.17. The summed E-state index contributed by atoms with van der Waals surface area (Å²) in [6.07, 6.45) is 8.71. The number of carbonyl (C=O) groups excluding carboxylic acids is 1. The van der Waals surface area contributed by atoms with Crippen LogP contribution in [0.1, 0.15) is 47.9 Å². The van der Waals surface area contributed by atoms with Crippen molar-refractivity contribution in [1.29, 1.82) is 0 Å². The number of aromatic nitrogens is 1. The lowest BCUT2D eigenvalue weighted by molar-refractivity contribution is -0.135. The Morgan fingerprint density at radius 3 is 2.09 bits per heavy atom. The van der Waals surface area contributed by atoms with Gasteiger partial charge in [-0.3, -0.25) is 9.78 Å². The third-order valence-corrected chi connectivity index (χ3v) is 7.54. The highest BCUT2D eigenvalue weighted by molar-refractivity contribution is 5.91. The van der Waals surface area contributed by atoms with Crippen LogP contribution in [0.15, 0.2) is 73.1 Å². The van der Waals surface area contributed by atoms with Gasteiger partial charge in [-0.15, -0.1) is 0 Å². The minimum Gasteiger partial charge on any atom is -0.497 e. The minimum atomic E-state index is -0.297. The van der Waals surface area contributed by atoms with Gasteiger partial charge in [0.05, 0.1) is 25.7 Å². The zero-order valence-electron chi connectivity index (χ0n) is 20.5. The fourth-order valence-corrected chi connectivity index (χ4v) is 5.17. The van der Waals surface area contributed by atoms with E-state index in [2.05, 4.69) is 46.3 Å². The van der Waals surface area contributed by atoms with Crippen LogP contribution in [0.2, 0.25) is 0 Å². The number of likely N-dealkylation sites (tertiary alicyclic amines) is 1. The molecule has 5 nitrogen and oxygen atoms in total. The van der Waals surface area contributed by atoms with Crippen molar-refractivity contribution in [2.45, 2.75) is 50.7 Å². The molecule has 0 radical (unpaired) electrons. The van der Waals surface area contributed by atoms with Gasteiger partial charge in [0.25, 0.3) is 0 Å². The molecule has 1 aliphatic heterocycles. The molecule has 1 saturated carbocycles. The Labute approximate surface area is 208 Å². The number of nitrogens with zero attached hydrogens (tertiary/aromatic N) is 2. The summed E-state index contributed by atoms with van der Waals surface area (Å²) in [5.74, 6) is 1.78. The molecule has 1 saturated heterocycles. The highest BCUT2D eigenvalue weighted by Gasteiger charge is 2.53. The third-order valence-electron chi connectivity index (χ3n) is 7.54. The molecule has 2 heterocycles. The maximum Gasteiger partial charge on any atom is 0.233 e. The van der Waals surface area contributed by atoms with Gasteiger partial charge in [0.1, 0.15) is 5.75 Å². The van der Waals surface area contributed by atoms with Crippen molar-refractivity contribution in [3.63, 3.8) is 0 Å². The highest BCUT2D eigenvalue weighted by atomic mass is 16.5. The zero-order valence-corrected chi connectivity index (χ0v) is 20.5. The van der Waals surface area contributed by atoms with Gasteiger partial charge in [-0.1, -0.05) is 36.4 Å². The van der Waals surface area contributed by atoms with E-state index >= 15 is 0 Å². The number of amides is 1. The van der Waals surface area contributed by atoms with Gasteiger partial charge in [0.2, 0.25) is 5.91 Å². The zero-order chi connectivity index (χ0) is 24.1. The Bertz CT molecular complexity index is 1100. The molecule has 2 fully saturated rings. The maximum absolute atomic E-state index is 13.4. The Morgan fingerprint density at radius 1 is 0.886 bits per heavy atom. The topological polar surface area (TPSA) is 51.7 Å². The molecule has 1 aliphatic carbocycles. The predicted molar refractivity (Wildman–Crippen MR) is 136 cm³/mol. The van der Waals surface area contributed by atoms with E-state index < -0.39 is 0 Å². The monoisotopic (exact) mass is 470 g/mol. The number of hydrogen-bond acceptors (Lipinski definition) is 4. The van der Waals surface area contributed by atoms with Gasteiger partial charge < -0.3 is 14.4 Å². The number of carbonyl (C=O) groups is 1. The minimum absolute atomic E-state index is 0.297. The second-order valence-electron chi connectivity index (χ2n) is 9.92. The van der Waals surface area contributed by atoms with Crippen LogP contribution in [0.25, 0.3) is 0 Å². The highest BCUT2D eigenvalue weighted by Crippen LogP contribution is 2.50. The normalized spacial score (nSPS) is 17.2. The summed E-state index contributed by atoms with van der Waals surface area (Å²) in [5, 5.41) is 0. The number of piperidine rings is 1. The number of rotatable bonds is 9. The first kappa shape index (κ1) is 23.6. The largest absolute Gasteiger partial charge is 0.497 e. The van der Waals surface area contributed by atoms with Crippen LogP contribution in [-0.2, 0) is 34.6 Å². The van der Waals surface area contributed by atoms with Crippen molar-refractivity contribution in [2.75, 3.05) is 20.2 Å². The molecule has 2 aliphatic rings. The maximum atomic E-state index is 13.4. The van der Waals surface area contributed by atoms with Gasteiger partial charge in [-0.05, 0) is 84.5 Å². The van der Waals surface area contributed by atoms with Crippen molar-refractivity contribution in [1.82, 2.24) is 9.88 Å². The molecular weight excluding hydrogens is 436 g/mol. The van der Waals surface area contributed by atoms with E-state index in [0.29, 0.717) is 25.0 Å². The fraction of sp³-hybridized carbons (Fsp3) is 0.400. The smallest absolute Gasteiger partial charge is 0.233 e. The van der Waals surface area contributed by atoms with E-state index in [-0.39, 0.29) is 5.41 Å². The molecule has 5 rings (SSSR count). The molecule has 1 amide bonds. The number of methoxy groups -OCH3 is 1. The summed E-state index contributed by atoms with van der Waals surface area (Å²) in [6, 6.07) is 20.8. The average molecular weight is 471 g/mol. The number of pyridine rings is 1. The van der Waals surface area contributed by atoms with Gasteiger partial charge in [-0.2, -0.15) is 0 Å². The van der Waals surface area contributed by atoms with Crippen molar-refractivity contribution in [3.05, 3.63) is 95.3 Å². The second kappa shape index (κ2) is 10.6. The van der Waals surface area contributed by atoms with Gasteiger partial charge in [-0.25, -0.2) is 0 Å². The Kier molecular flexibility index (Phi) is 7.14. The summed E-state index contributed by atoms with van der Waals surface area (Å²) < 4.78 is 11.1. The second-order valence-corrected chi connectivity index (χ2v) is 9.92. The molecule has 0 bridgehead atoms. The first-order chi connectivity index (χ1) is 17.2.